The average Bonchev–Trinajstić information content (AvgIpc) is 2.76. The van der Waals surface area contributed by atoms with Gasteiger partial charge in [0, 0.05) is 5.38 Å². The maximum Gasteiger partial charge on any atom is 0.178 e. The van der Waals surface area contributed by atoms with Gasteiger partial charge in [-0.3, -0.25) is 0 Å². The zero-order chi connectivity index (χ0) is 12.5. The minimum absolute atomic E-state index is 0.123. The van der Waals surface area contributed by atoms with Crippen LogP contribution < -0.4 is 5.73 Å². The number of rotatable bonds is 3. The van der Waals surface area contributed by atoms with Crippen LogP contribution in [-0.4, -0.2) is 14.2 Å². The molecule has 0 radical (unpaired) electrons. The summed E-state index contributed by atoms with van der Waals surface area (Å²) >= 11 is 1.47. The molecule has 17 heavy (non-hydrogen) atoms. The van der Waals surface area contributed by atoms with E-state index in [4.69, 9.17) is 5.73 Å². The zero-order valence-electron chi connectivity index (χ0n) is 9.38. The fourth-order valence-corrected chi connectivity index (χ4v) is 3.07. The first-order chi connectivity index (χ1) is 8.03. The Balaban J connectivity index is 2.37. The molecule has 0 aliphatic heterocycles. The molecule has 0 atom stereocenters. The highest BCUT2D eigenvalue weighted by atomic mass is 32.2. The third-order valence-corrected chi connectivity index (χ3v) is 5.06. The van der Waals surface area contributed by atoms with Crippen molar-refractivity contribution in [3.8, 4) is 11.1 Å². The standard InChI is InChI=1S/C12H13NO2S2/c1-2-17(14,15)11-5-3-9(4-6-11)10-7-12(13)16-8-10/h3-8H,2,13H2,1H3. The maximum absolute atomic E-state index is 11.6. The molecule has 0 amide bonds. The molecule has 0 spiro atoms. The van der Waals surface area contributed by atoms with E-state index in [1.165, 1.54) is 11.3 Å². The van der Waals surface area contributed by atoms with Crippen molar-refractivity contribution in [2.75, 3.05) is 11.5 Å². The first kappa shape index (κ1) is 12.1. The summed E-state index contributed by atoms with van der Waals surface area (Å²) in [6.45, 7) is 1.64. The lowest BCUT2D eigenvalue weighted by atomic mass is 10.1. The van der Waals surface area contributed by atoms with Crippen LogP contribution >= 0.6 is 11.3 Å². The average molecular weight is 267 g/mol. The molecule has 1 heterocycles. The Morgan fingerprint density at radius 1 is 1.18 bits per heavy atom. The topological polar surface area (TPSA) is 60.2 Å². The van der Waals surface area contributed by atoms with Crippen LogP contribution in [-0.2, 0) is 9.84 Å². The zero-order valence-corrected chi connectivity index (χ0v) is 11.0. The summed E-state index contributed by atoms with van der Waals surface area (Å²) in [6.07, 6.45) is 0. The van der Waals surface area contributed by atoms with Gasteiger partial charge in [0.1, 0.15) is 0 Å². The molecule has 0 bridgehead atoms. The molecule has 2 N–H and O–H groups in total. The van der Waals surface area contributed by atoms with Gasteiger partial charge in [-0.15, -0.1) is 11.3 Å². The Labute approximate surface area is 105 Å². The lowest BCUT2D eigenvalue weighted by Crippen LogP contribution is -2.02. The minimum Gasteiger partial charge on any atom is -0.391 e. The summed E-state index contributed by atoms with van der Waals surface area (Å²) in [7, 11) is -3.11. The van der Waals surface area contributed by atoms with Gasteiger partial charge in [0.05, 0.1) is 15.6 Å². The van der Waals surface area contributed by atoms with Crippen molar-refractivity contribution in [2.24, 2.45) is 0 Å². The Hall–Kier alpha value is -1.33. The van der Waals surface area contributed by atoms with E-state index in [1.807, 2.05) is 23.6 Å². The van der Waals surface area contributed by atoms with Crippen molar-refractivity contribution >= 4 is 26.2 Å². The molecule has 2 aromatic rings. The third-order valence-electron chi connectivity index (χ3n) is 2.55. The number of nitrogens with two attached hydrogens (primary N) is 1. The van der Waals surface area contributed by atoms with Crippen molar-refractivity contribution in [1.82, 2.24) is 0 Å². The molecular formula is C12H13NO2S2. The molecule has 1 aromatic carbocycles. The predicted molar refractivity (Wildman–Crippen MR) is 71.9 cm³/mol. The summed E-state index contributed by atoms with van der Waals surface area (Å²) in [5, 5.41) is 2.71. The van der Waals surface area contributed by atoms with Crippen LogP contribution in [0.5, 0.6) is 0 Å². The minimum atomic E-state index is -3.11. The first-order valence-electron chi connectivity index (χ1n) is 5.20. The molecule has 0 saturated heterocycles. The summed E-state index contributed by atoms with van der Waals surface area (Å²) in [5.74, 6) is 0.123. The van der Waals surface area contributed by atoms with Crippen molar-refractivity contribution in [3.63, 3.8) is 0 Å². The van der Waals surface area contributed by atoms with E-state index in [-0.39, 0.29) is 5.75 Å². The molecule has 2 rings (SSSR count). The molecule has 0 aliphatic carbocycles. The third kappa shape index (κ3) is 2.50. The number of benzene rings is 1. The van der Waals surface area contributed by atoms with Crippen LogP contribution in [0, 0.1) is 0 Å². The van der Waals surface area contributed by atoms with E-state index < -0.39 is 9.84 Å². The van der Waals surface area contributed by atoms with Crippen molar-refractivity contribution < 1.29 is 8.42 Å². The van der Waals surface area contributed by atoms with E-state index in [0.29, 0.717) is 4.90 Å². The van der Waals surface area contributed by atoms with Gasteiger partial charge < -0.3 is 5.73 Å². The second kappa shape index (κ2) is 4.50. The highest BCUT2D eigenvalue weighted by Crippen LogP contribution is 2.27. The quantitative estimate of drug-likeness (QED) is 0.930. The van der Waals surface area contributed by atoms with Gasteiger partial charge in [0.25, 0.3) is 0 Å². The summed E-state index contributed by atoms with van der Waals surface area (Å²) in [4.78, 5) is 0.368. The number of nitrogen functional groups attached to an aromatic ring is 1. The van der Waals surface area contributed by atoms with Crippen molar-refractivity contribution in [2.45, 2.75) is 11.8 Å². The van der Waals surface area contributed by atoms with Gasteiger partial charge in [-0.05, 0) is 29.3 Å². The van der Waals surface area contributed by atoms with E-state index in [9.17, 15) is 8.42 Å². The molecular weight excluding hydrogens is 254 g/mol. The van der Waals surface area contributed by atoms with Crippen LogP contribution in [0.1, 0.15) is 6.92 Å². The van der Waals surface area contributed by atoms with Crippen molar-refractivity contribution in [1.29, 1.82) is 0 Å². The van der Waals surface area contributed by atoms with Crippen LogP contribution in [0.3, 0.4) is 0 Å². The van der Waals surface area contributed by atoms with E-state index >= 15 is 0 Å². The highest BCUT2D eigenvalue weighted by molar-refractivity contribution is 7.91. The second-order valence-electron chi connectivity index (χ2n) is 3.67. The number of hydrogen-bond acceptors (Lipinski definition) is 4. The summed E-state index contributed by atoms with van der Waals surface area (Å²) < 4.78 is 23.3. The van der Waals surface area contributed by atoms with E-state index in [1.54, 1.807) is 19.1 Å². The highest BCUT2D eigenvalue weighted by Gasteiger charge is 2.11. The largest absolute Gasteiger partial charge is 0.391 e. The Bertz CT molecular complexity index is 612. The Morgan fingerprint density at radius 3 is 2.29 bits per heavy atom. The molecule has 0 saturated carbocycles. The van der Waals surface area contributed by atoms with Crippen LogP contribution in [0.2, 0.25) is 0 Å². The van der Waals surface area contributed by atoms with Gasteiger partial charge in [0.15, 0.2) is 9.84 Å². The van der Waals surface area contributed by atoms with Crippen LogP contribution in [0.4, 0.5) is 5.00 Å². The molecule has 0 fully saturated rings. The molecule has 5 heteroatoms. The number of thiophene rings is 1. The summed E-state index contributed by atoms with van der Waals surface area (Å²) in [6, 6.07) is 8.78. The van der Waals surface area contributed by atoms with E-state index in [0.717, 1.165) is 16.1 Å². The molecule has 90 valence electrons. The summed E-state index contributed by atoms with van der Waals surface area (Å²) in [5.41, 5.74) is 7.66. The Morgan fingerprint density at radius 2 is 1.82 bits per heavy atom. The number of anilines is 1. The monoisotopic (exact) mass is 267 g/mol. The number of hydrogen-bond donors (Lipinski definition) is 1. The molecule has 1 aromatic heterocycles. The predicted octanol–water partition coefficient (Wildman–Crippen LogP) is 2.79. The lowest BCUT2D eigenvalue weighted by molar-refractivity contribution is 0.597. The Kier molecular flexibility index (Phi) is 3.22. The van der Waals surface area contributed by atoms with Gasteiger partial charge in [-0.1, -0.05) is 19.1 Å². The molecule has 3 nitrogen and oxygen atoms in total. The van der Waals surface area contributed by atoms with Gasteiger partial charge in [-0.25, -0.2) is 8.42 Å². The van der Waals surface area contributed by atoms with Gasteiger partial charge >= 0.3 is 0 Å². The van der Waals surface area contributed by atoms with Crippen LogP contribution in [0.25, 0.3) is 11.1 Å². The number of sulfone groups is 1. The molecule has 0 unspecified atom stereocenters. The smallest absolute Gasteiger partial charge is 0.178 e. The molecule has 0 aliphatic rings. The van der Waals surface area contributed by atoms with Gasteiger partial charge in [-0.2, -0.15) is 0 Å². The fourth-order valence-electron chi connectivity index (χ4n) is 1.53. The lowest BCUT2D eigenvalue weighted by Gasteiger charge is -2.02. The normalized spacial score (nSPS) is 11.6. The van der Waals surface area contributed by atoms with Gasteiger partial charge in [0.2, 0.25) is 0 Å². The fraction of sp³-hybridized carbons (Fsp3) is 0.167. The second-order valence-corrected chi connectivity index (χ2v) is 6.89. The van der Waals surface area contributed by atoms with Crippen LogP contribution in [0.15, 0.2) is 40.6 Å². The van der Waals surface area contributed by atoms with Crippen molar-refractivity contribution in [3.05, 3.63) is 35.7 Å². The maximum atomic E-state index is 11.6. The SMILES string of the molecule is CCS(=O)(=O)c1ccc(-c2csc(N)c2)cc1. The first-order valence-corrected chi connectivity index (χ1v) is 7.73. The van der Waals surface area contributed by atoms with E-state index in [2.05, 4.69) is 0 Å².